The molecule has 17 heavy (non-hydrogen) atoms. The maximum atomic E-state index is 12.2. The first-order valence-electron chi connectivity index (χ1n) is 4.68. The van der Waals surface area contributed by atoms with Crippen molar-refractivity contribution in [3.05, 3.63) is 23.8 Å². The monoisotopic (exact) mass is 247 g/mol. The predicted octanol–water partition coefficient (Wildman–Crippen LogP) is 1.37. The molecule has 0 heterocycles. The number of halogens is 3. The average Bonchev–Trinajstić information content (AvgIpc) is 2.14. The van der Waals surface area contributed by atoms with Crippen LogP contribution >= 0.6 is 0 Å². The van der Waals surface area contributed by atoms with Gasteiger partial charge in [0.1, 0.15) is 6.54 Å². The first kappa shape index (κ1) is 13.1. The molecule has 1 rings (SSSR count). The van der Waals surface area contributed by atoms with Crippen molar-refractivity contribution in [1.82, 2.24) is 0 Å². The van der Waals surface area contributed by atoms with E-state index in [-0.39, 0.29) is 16.9 Å². The van der Waals surface area contributed by atoms with Crippen molar-refractivity contribution in [2.45, 2.75) is 6.18 Å². The third-order valence-corrected chi connectivity index (χ3v) is 2.11. The van der Waals surface area contributed by atoms with Gasteiger partial charge in [-0.3, -0.25) is 4.79 Å². The minimum Gasteiger partial charge on any atom is -0.399 e. The first-order chi connectivity index (χ1) is 7.70. The van der Waals surface area contributed by atoms with Crippen molar-refractivity contribution in [2.24, 2.45) is 5.73 Å². The van der Waals surface area contributed by atoms with Crippen LogP contribution in [-0.4, -0.2) is 25.7 Å². The molecule has 0 aromatic heterocycles. The van der Waals surface area contributed by atoms with E-state index in [4.69, 9.17) is 11.5 Å². The topological polar surface area (TPSA) is 72.3 Å². The van der Waals surface area contributed by atoms with Crippen molar-refractivity contribution in [3.63, 3.8) is 0 Å². The number of carbonyl (C=O) groups is 1. The zero-order valence-electron chi connectivity index (χ0n) is 9.08. The molecule has 7 heteroatoms. The number of hydrogen-bond donors (Lipinski definition) is 2. The van der Waals surface area contributed by atoms with Gasteiger partial charge in [0.05, 0.1) is 11.3 Å². The molecule has 0 bridgehead atoms. The summed E-state index contributed by atoms with van der Waals surface area (Å²) in [6, 6.07) is 4.00. The standard InChI is InChI=1S/C10H12F3N3O/c1-16(5-10(11,12)13)8-4-6(14)2-3-7(8)9(15)17/h2-4H,5,14H2,1H3,(H2,15,17). The molecule has 1 aromatic carbocycles. The molecular formula is C10H12F3N3O. The van der Waals surface area contributed by atoms with E-state index >= 15 is 0 Å². The van der Waals surface area contributed by atoms with Gasteiger partial charge in [-0.05, 0) is 18.2 Å². The SMILES string of the molecule is CN(CC(F)(F)F)c1cc(N)ccc1C(N)=O. The molecule has 0 aliphatic heterocycles. The van der Waals surface area contributed by atoms with Gasteiger partial charge in [0.2, 0.25) is 0 Å². The summed E-state index contributed by atoms with van der Waals surface area (Å²) in [5, 5.41) is 0. The predicted molar refractivity (Wildman–Crippen MR) is 58.7 cm³/mol. The van der Waals surface area contributed by atoms with Crippen LogP contribution in [0.1, 0.15) is 10.4 Å². The molecular weight excluding hydrogens is 235 g/mol. The highest BCUT2D eigenvalue weighted by Gasteiger charge is 2.30. The van der Waals surface area contributed by atoms with E-state index in [0.717, 1.165) is 4.90 Å². The van der Waals surface area contributed by atoms with E-state index in [2.05, 4.69) is 0 Å². The van der Waals surface area contributed by atoms with Crippen molar-refractivity contribution in [1.29, 1.82) is 0 Å². The molecule has 0 aliphatic carbocycles. The number of rotatable bonds is 3. The Balaban J connectivity index is 3.10. The highest BCUT2D eigenvalue weighted by molar-refractivity contribution is 5.99. The van der Waals surface area contributed by atoms with Crippen LogP contribution < -0.4 is 16.4 Å². The molecule has 0 spiro atoms. The van der Waals surface area contributed by atoms with Crippen LogP contribution in [0, 0.1) is 0 Å². The summed E-state index contributed by atoms with van der Waals surface area (Å²) in [5.74, 6) is -0.797. The first-order valence-corrected chi connectivity index (χ1v) is 4.68. The minimum atomic E-state index is -4.37. The van der Waals surface area contributed by atoms with Crippen molar-refractivity contribution in [3.8, 4) is 0 Å². The van der Waals surface area contributed by atoms with Crippen molar-refractivity contribution >= 4 is 17.3 Å². The third-order valence-electron chi connectivity index (χ3n) is 2.11. The number of nitrogens with zero attached hydrogens (tertiary/aromatic N) is 1. The fourth-order valence-corrected chi connectivity index (χ4v) is 1.43. The zero-order chi connectivity index (χ0) is 13.2. The Morgan fingerprint density at radius 1 is 1.41 bits per heavy atom. The highest BCUT2D eigenvalue weighted by Crippen LogP contribution is 2.25. The lowest BCUT2D eigenvalue weighted by molar-refractivity contribution is -0.119. The second-order valence-electron chi connectivity index (χ2n) is 3.61. The molecule has 0 saturated carbocycles. The third kappa shape index (κ3) is 3.54. The van der Waals surface area contributed by atoms with E-state index in [1.54, 1.807) is 0 Å². The number of primary amides is 1. The normalized spacial score (nSPS) is 11.3. The number of hydrogen-bond acceptors (Lipinski definition) is 3. The molecule has 0 fully saturated rings. The highest BCUT2D eigenvalue weighted by atomic mass is 19.4. The van der Waals surface area contributed by atoms with Crippen LogP contribution in [0.3, 0.4) is 0 Å². The lowest BCUT2D eigenvalue weighted by Crippen LogP contribution is -2.32. The van der Waals surface area contributed by atoms with Crippen molar-refractivity contribution in [2.75, 3.05) is 24.2 Å². The van der Waals surface area contributed by atoms with Crippen LogP contribution in [0.2, 0.25) is 0 Å². The Labute approximate surface area is 96.0 Å². The zero-order valence-corrected chi connectivity index (χ0v) is 9.08. The van der Waals surface area contributed by atoms with Gasteiger partial charge in [-0.2, -0.15) is 13.2 Å². The van der Waals surface area contributed by atoms with Gasteiger partial charge < -0.3 is 16.4 Å². The molecule has 94 valence electrons. The van der Waals surface area contributed by atoms with Gasteiger partial charge in [-0.25, -0.2) is 0 Å². The van der Waals surface area contributed by atoms with E-state index in [1.807, 2.05) is 0 Å². The fraction of sp³-hybridized carbons (Fsp3) is 0.300. The van der Waals surface area contributed by atoms with Crippen molar-refractivity contribution < 1.29 is 18.0 Å². The summed E-state index contributed by atoms with van der Waals surface area (Å²) in [6.07, 6.45) is -4.37. The Hall–Kier alpha value is -1.92. The summed E-state index contributed by atoms with van der Waals surface area (Å²) >= 11 is 0. The number of nitrogens with two attached hydrogens (primary N) is 2. The number of carbonyl (C=O) groups excluding carboxylic acids is 1. The largest absolute Gasteiger partial charge is 0.405 e. The van der Waals surface area contributed by atoms with Gasteiger partial charge >= 0.3 is 6.18 Å². The molecule has 4 nitrogen and oxygen atoms in total. The number of nitrogen functional groups attached to an aromatic ring is 1. The van der Waals surface area contributed by atoms with E-state index in [1.165, 1.54) is 25.2 Å². The molecule has 1 amide bonds. The maximum absolute atomic E-state index is 12.2. The van der Waals surface area contributed by atoms with Crippen LogP contribution in [0.15, 0.2) is 18.2 Å². The van der Waals surface area contributed by atoms with E-state index in [9.17, 15) is 18.0 Å². The van der Waals surface area contributed by atoms with Gasteiger partial charge in [0.15, 0.2) is 0 Å². The summed E-state index contributed by atoms with van der Waals surface area (Å²) in [5.41, 5.74) is 10.9. The fourth-order valence-electron chi connectivity index (χ4n) is 1.43. The van der Waals surface area contributed by atoms with Crippen LogP contribution in [-0.2, 0) is 0 Å². The Morgan fingerprint density at radius 2 is 2.00 bits per heavy atom. The van der Waals surface area contributed by atoms with E-state index in [0.29, 0.717) is 0 Å². The van der Waals surface area contributed by atoms with Crippen LogP contribution in [0.4, 0.5) is 24.5 Å². The molecule has 0 unspecified atom stereocenters. The summed E-state index contributed by atoms with van der Waals surface area (Å²) < 4.78 is 36.7. The molecule has 4 N–H and O–H groups in total. The molecule has 0 aliphatic rings. The molecule has 1 aromatic rings. The van der Waals surface area contributed by atoms with Crippen LogP contribution in [0.25, 0.3) is 0 Å². The number of anilines is 2. The van der Waals surface area contributed by atoms with Gasteiger partial charge in [0, 0.05) is 12.7 Å². The molecule has 0 saturated heterocycles. The van der Waals surface area contributed by atoms with E-state index < -0.39 is 18.6 Å². The second-order valence-corrected chi connectivity index (χ2v) is 3.61. The lowest BCUT2D eigenvalue weighted by atomic mass is 10.1. The number of amides is 1. The molecule has 0 atom stereocenters. The summed E-state index contributed by atoms with van der Waals surface area (Å²) in [6.45, 7) is -1.18. The Morgan fingerprint density at radius 3 is 2.47 bits per heavy atom. The Kier molecular flexibility index (Phi) is 3.50. The van der Waals surface area contributed by atoms with Crippen LogP contribution in [0.5, 0.6) is 0 Å². The summed E-state index contributed by atoms with van der Waals surface area (Å²) in [4.78, 5) is 12.0. The maximum Gasteiger partial charge on any atom is 0.405 e. The minimum absolute atomic E-state index is 0.00551. The van der Waals surface area contributed by atoms with Gasteiger partial charge in [0.25, 0.3) is 5.91 Å². The number of benzene rings is 1. The summed E-state index contributed by atoms with van der Waals surface area (Å²) in [7, 11) is 1.22. The number of alkyl halides is 3. The molecule has 0 radical (unpaired) electrons. The average molecular weight is 247 g/mol. The quantitative estimate of drug-likeness (QED) is 0.792. The second kappa shape index (κ2) is 4.52. The lowest BCUT2D eigenvalue weighted by Gasteiger charge is -2.23. The van der Waals surface area contributed by atoms with Gasteiger partial charge in [-0.1, -0.05) is 0 Å². The van der Waals surface area contributed by atoms with Gasteiger partial charge in [-0.15, -0.1) is 0 Å². The Bertz CT molecular complexity index is 431. The smallest absolute Gasteiger partial charge is 0.399 e.